The van der Waals surface area contributed by atoms with Crippen molar-refractivity contribution in [3.63, 3.8) is 0 Å². The molecule has 2 aromatic rings. The molecule has 136 valence electrons. The largest absolute Gasteiger partial charge is 0.192 e. The van der Waals surface area contributed by atoms with Crippen LogP contribution in [-0.2, 0) is 0 Å². The predicted molar refractivity (Wildman–Crippen MR) is 120 cm³/mol. The van der Waals surface area contributed by atoms with E-state index in [1.165, 1.54) is 0 Å². The summed E-state index contributed by atoms with van der Waals surface area (Å²) in [5.74, 6) is 6.24. The van der Waals surface area contributed by atoms with Crippen molar-refractivity contribution in [3.8, 4) is 24.0 Å². The van der Waals surface area contributed by atoms with E-state index in [2.05, 4.69) is 24.5 Å². The van der Waals surface area contributed by atoms with Crippen molar-refractivity contribution in [1.29, 1.82) is 10.5 Å². The maximum atomic E-state index is 9.39. The predicted octanol–water partition coefficient (Wildman–Crippen LogP) is 5.78. The molecule has 0 N–H and O–H groups in total. The van der Waals surface area contributed by atoms with E-state index >= 15 is 0 Å². The molecule has 0 spiro atoms. The highest BCUT2D eigenvalue weighted by atomic mass is 32.1. The summed E-state index contributed by atoms with van der Waals surface area (Å²) in [6.07, 6.45) is 13.4. The second-order valence-corrected chi connectivity index (χ2v) is 6.65. The number of rotatable bonds is 2. The number of nitriles is 2. The molecule has 0 amide bonds. The maximum Gasteiger partial charge on any atom is 0.137 e. The number of allylic oxidation sites excluding steroid dienone is 10. The molecule has 1 aliphatic carbocycles. The van der Waals surface area contributed by atoms with Gasteiger partial charge in [0.05, 0.1) is 0 Å². The van der Waals surface area contributed by atoms with Gasteiger partial charge in [0.1, 0.15) is 17.7 Å². The SMILES string of the molecule is N#CC(C#N)=C(C=C1C=CC=CC=C1)c1ccc(C#Cc2ccc(S)cc2)cc1. The molecule has 0 unspecified atom stereocenters. The number of hydrogen-bond acceptors (Lipinski definition) is 3. The number of nitrogens with zero attached hydrogens (tertiary/aromatic N) is 2. The highest BCUT2D eigenvalue weighted by Crippen LogP contribution is 2.23. The van der Waals surface area contributed by atoms with Gasteiger partial charge in [-0.3, -0.25) is 0 Å². The molecule has 29 heavy (non-hydrogen) atoms. The Kier molecular flexibility index (Phi) is 6.70. The smallest absolute Gasteiger partial charge is 0.137 e. The average Bonchev–Trinajstić information content (AvgIpc) is 3.03. The molecule has 0 saturated heterocycles. The Morgan fingerprint density at radius 1 is 0.724 bits per heavy atom. The molecule has 0 atom stereocenters. The molecule has 3 rings (SSSR count). The van der Waals surface area contributed by atoms with Gasteiger partial charge in [-0.1, -0.05) is 60.4 Å². The molecule has 0 heterocycles. The standard InChI is InChI=1S/C26H16N2S/c27-18-24(19-28)26(17-22-5-3-1-2-4-6-22)23-13-9-20(10-14-23)7-8-21-11-15-25(29)16-12-21/h1-6,9-17,29H. The van der Waals surface area contributed by atoms with Crippen molar-refractivity contribution < 1.29 is 0 Å². The first kappa shape index (κ1) is 19.8. The number of thiol groups is 1. The third-order valence-corrected chi connectivity index (χ3v) is 4.43. The normalized spacial score (nSPS) is 11.5. The van der Waals surface area contributed by atoms with E-state index < -0.39 is 0 Å². The molecule has 2 nitrogen and oxygen atoms in total. The molecule has 0 fully saturated rings. The second kappa shape index (κ2) is 9.82. The quantitative estimate of drug-likeness (QED) is 0.402. The van der Waals surface area contributed by atoms with Crippen LogP contribution in [0.1, 0.15) is 16.7 Å². The van der Waals surface area contributed by atoms with Crippen molar-refractivity contribution in [2.45, 2.75) is 4.90 Å². The number of benzene rings is 2. The Balaban J connectivity index is 1.94. The van der Waals surface area contributed by atoms with Crippen LogP contribution in [0.3, 0.4) is 0 Å². The van der Waals surface area contributed by atoms with Crippen molar-refractivity contribution in [2.24, 2.45) is 0 Å². The van der Waals surface area contributed by atoms with E-state index in [0.717, 1.165) is 27.2 Å². The highest BCUT2D eigenvalue weighted by molar-refractivity contribution is 7.80. The summed E-state index contributed by atoms with van der Waals surface area (Å²) in [7, 11) is 0. The Morgan fingerprint density at radius 2 is 1.24 bits per heavy atom. The molecule has 0 aromatic heterocycles. The van der Waals surface area contributed by atoms with Crippen LogP contribution >= 0.6 is 12.6 Å². The van der Waals surface area contributed by atoms with E-state index in [0.29, 0.717) is 5.57 Å². The summed E-state index contributed by atoms with van der Waals surface area (Å²) in [5.41, 5.74) is 4.12. The van der Waals surface area contributed by atoms with Crippen molar-refractivity contribution in [2.75, 3.05) is 0 Å². The van der Waals surface area contributed by atoms with Gasteiger partial charge in [-0.15, -0.1) is 12.6 Å². The lowest BCUT2D eigenvalue weighted by Gasteiger charge is -2.05. The highest BCUT2D eigenvalue weighted by Gasteiger charge is 2.08. The topological polar surface area (TPSA) is 47.6 Å². The second-order valence-electron chi connectivity index (χ2n) is 6.13. The van der Waals surface area contributed by atoms with E-state index in [9.17, 15) is 10.5 Å². The van der Waals surface area contributed by atoms with Crippen LogP contribution in [0.4, 0.5) is 0 Å². The first-order valence-electron chi connectivity index (χ1n) is 8.88. The van der Waals surface area contributed by atoms with Crippen LogP contribution in [0.15, 0.2) is 107 Å². The summed E-state index contributed by atoms with van der Waals surface area (Å²) >= 11 is 4.27. The minimum absolute atomic E-state index is 0.0715. The van der Waals surface area contributed by atoms with Crippen molar-refractivity contribution in [3.05, 3.63) is 119 Å². The summed E-state index contributed by atoms with van der Waals surface area (Å²) in [6.45, 7) is 0. The van der Waals surface area contributed by atoms with Gasteiger partial charge >= 0.3 is 0 Å². The van der Waals surface area contributed by atoms with Gasteiger partial charge in [-0.05, 0) is 53.6 Å². The Labute approximate surface area is 176 Å². The van der Waals surface area contributed by atoms with Crippen molar-refractivity contribution >= 4 is 18.2 Å². The molecule has 0 saturated carbocycles. The van der Waals surface area contributed by atoms with Gasteiger partial charge in [0.2, 0.25) is 0 Å². The maximum absolute atomic E-state index is 9.39. The van der Waals surface area contributed by atoms with Gasteiger partial charge < -0.3 is 0 Å². The summed E-state index contributed by atoms with van der Waals surface area (Å²) in [4.78, 5) is 0.897. The zero-order chi connectivity index (χ0) is 20.5. The van der Waals surface area contributed by atoms with Gasteiger partial charge in [0, 0.05) is 21.6 Å². The third-order valence-electron chi connectivity index (χ3n) is 4.13. The van der Waals surface area contributed by atoms with E-state index in [4.69, 9.17) is 0 Å². The van der Waals surface area contributed by atoms with E-state index in [1.807, 2.05) is 103 Å². The van der Waals surface area contributed by atoms with Gasteiger partial charge in [-0.25, -0.2) is 0 Å². The molecule has 0 bridgehead atoms. The zero-order valence-electron chi connectivity index (χ0n) is 15.5. The lowest BCUT2D eigenvalue weighted by atomic mass is 9.97. The molecule has 3 heteroatoms. The fourth-order valence-corrected chi connectivity index (χ4v) is 2.80. The fraction of sp³-hybridized carbons (Fsp3) is 0. The molecule has 0 aliphatic heterocycles. The van der Waals surface area contributed by atoms with E-state index in [-0.39, 0.29) is 5.57 Å². The summed E-state index contributed by atoms with van der Waals surface area (Å²) in [6, 6.07) is 19.2. The summed E-state index contributed by atoms with van der Waals surface area (Å²) in [5, 5.41) is 18.8. The van der Waals surface area contributed by atoms with E-state index in [1.54, 1.807) is 0 Å². The monoisotopic (exact) mass is 388 g/mol. The van der Waals surface area contributed by atoms with Crippen molar-refractivity contribution in [1.82, 2.24) is 0 Å². The first-order valence-corrected chi connectivity index (χ1v) is 9.33. The number of hydrogen-bond donors (Lipinski definition) is 1. The minimum atomic E-state index is 0.0715. The van der Waals surface area contributed by atoms with Gasteiger partial charge in [-0.2, -0.15) is 10.5 Å². The van der Waals surface area contributed by atoms with Gasteiger partial charge in [0.25, 0.3) is 0 Å². The lowest BCUT2D eigenvalue weighted by molar-refractivity contribution is 1.45. The van der Waals surface area contributed by atoms with Crippen LogP contribution in [0.2, 0.25) is 0 Å². The Hall–Kier alpha value is -3.97. The third kappa shape index (κ3) is 5.50. The minimum Gasteiger partial charge on any atom is -0.192 e. The lowest BCUT2D eigenvalue weighted by Crippen LogP contribution is -1.89. The van der Waals surface area contributed by atoms with Crippen LogP contribution in [-0.4, -0.2) is 0 Å². The van der Waals surface area contributed by atoms with Crippen LogP contribution in [0.25, 0.3) is 5.57 Å². The Morgan fingerprint density at radius 3 is 1.76 bits per heavy atom. The van der Waals surface area contributed by atoms with Crippen LogP contribution in [0.5, 0.6) is 0 Å². The summed E-state index contributed by atoms with van der Waals surface area (Å²) < 4.78 is 0. The van der Waals surface area contributed by atoms with Crippen LogP contribution < -0.4 is 0 Å². The fourth-order valence-electron chi connectivity index (χ4n) is 2.65. The first-order chi connectivity index (χ1) is 14.2. The molecule has 0 radical (unpaired) electrons. The molecule has 2 aromatic carbocycles. The average molecular weight is 388 g/mol. The molecule has 1 aliphatic rings. The zero-order valence-corrected chi connectivity index (χ0v) is 16.4. The molecular weight excluding hydrogens is 372 g/mol. The molecular formula is C26H16N2S. The van der Waals surface area contributed by atoms with Crippen LogP contribution in [0, 0.1) is 34.5 Å². The van der Waals surface area contributed by atoms with Gasteiger partial charge in [0.15, 0.2) is 0 Å². The Bertz CT molecular complexity index is 1160.